The van der Waals surface area contributed by atoms with E-state index in [2.05, 4.69) is 16.0 Å². The van der Waals surface area contributed by atoms with Gasteiger partial charge in [0.1, 0.15) is 36.6 Å². The van der Waals surface area contributed by atoms with E-state index < -0.39 is 128 Å². The third-order valence-corrected chi connectivity index (χ3v) is 9.05. The molecule has 2 saturated carbocycles. The molecule has 20 N–H and O–H groups in total. The zero-order chi connectivity index (χ0) is 34.8. The molecule has 47 heavy (non-hydrogen) atoms. The summed E-state index contributed by atoms with van der Waals surface area (Å²) in [5.74, 6) is -1.33. The topological polar surface area (TPSA) is 380 Å². The minimum Gasteiger partial charge on any atom is -0.394 e. The summed E-state index contributed by atoms with van der Waals surface area (Å²) < 4.78 is 23.5. The lowest BCUT2D eigenvalue weighted by atomic mass is 9.83. The van der Waals surface area contributed by atoms with Gasteiger partial charge in [0, 0.05) is 25.6 Å². The molecule has 4 aliphatic rings. The Bertz CT molecular complexity index is 1070. The van der Waals surface area contributed by atoms with Crippen LogP contribution in [0.25, 0.3) is 0 Å². The normalized spacial score (nSPS) is 46.0. The zero-order valence-corrected chi connectivity index (χ0v) is 25.6. The fraction of sp³-hybridized carbons (Fsp3) is 0.923. The molecule has 4 unspecified atom stereocenters. The van der Waals surface area contributed by atoms with E-state index in [1.165, 1.54) is 0 Å². The van der Waals surface area contributed by atoms with Gasteiger partial charge >= 0.3 is 0 Å². The molecular weight excluding hydrogens is 632 g/mol. The van der Waals surface area contributed by atoms with Crippen LogP contribution in [0.2, 0.25) is 0 Å². The van der Waals surface area contributed by atoms with Gasteiger partial charge in [-0.1, -0.05) is 0 Å². The van der Waals surface area contributed by atoms with Gasteiger partial charge in [0.25, 0.3) is 5.91 Å². The molecule has 2 heterocycles. The Hall–Kier alpha value is -1.90. The third-order valence-electron chi connectivity index (χ3n) is 9.05. The monoisotopic (exact) mass is 682 g/mol. The molecule has 0 spiro atoms. The smallest absolute Gasteiger partial charge is 0.254 e. The lowest BCUT2D eigenvalue weighted by Gasteiger charge is -2.48. The summed E-state index contributed by atoms with van der Waals surface area (Å²) in [4.78, 5) is 13.2. The van der Waals surface area contributed by atoms with Crippen LogP contribution >= 0.6 is 0 Å². The van der Waals surface area contributed by atoms with Crippen LogP contribution in [0.15, 0.2) is 0 Å². The first-order valence-corrected chi connectivity index (χ1v) is 15.5. The molecule has 272 valence electrons. The fourth-order valence-corrected chi connectivity index (χ4v) is 6.11. The van der Waals surface area contributed by atoms with Gasteiger partial charge in [-0.2, -0.15) is 0 Å². The molecule has 4 fully saturated rings. The number of hydrogen-bond donors (Lipinski definition) is 16. The number of nitrogens with two attached hydrogens (primary N) is 4. The summed E-state index contributed by atoms with van der Waals surface area (Å²) in [5, 5.41) is 97.5. The summed E-state index contributed by atoms with van der Waals surface area (Å²) in [6.07, 6.45) is -14.6. The SMILES string of the molecule is N=C(N)NC1CC1(O)C(=O)N[C@@H]1C[C@H](N)C(O[C@H]2O[C@H](CNCC(O)CO)[C@@H](O)C[C@H]2N)[C@H](O)[C@H]1O[C@H]1O[C@H](CO)[C@@H](O)[C@H](N)[C@H]1O. The Morgan fingerprint density at radius 1 is 0.936 bits per heavy atom. The van der Waals surface area contributed by atoms with Gasteiger partial charge in [-0.15, -0.1) is 0 Å². The summed E-state index contributed by atoms with van der Waals surface area (Å²) in [7, 11) is 0. The van der Waals surface area contributed by atoms with Crippen molar-refractivity contribution in [1.29, 1.82) is 5.41 Å². The molecule has 2 aliphatic carbocycles. The number of carbonyl (C=O) groups excluding carboxylic acids is 1. The molecule has 21 nitrogen and oxygen atoms in total. The number of hydrogen-bond acceptors (Lipinski definition) is 18. The number of amides is 1. The van der Waals surface area contributed by atoms with Gasteiger partial charge in [-0.25, -0.2) is 0 Å². The molecule has 17 atom stereocenters. The Kier molecular flexibility index (Phi) is 12.7. The highest BCUT2D eigenvalue weighted by atomic mass is 16.7. The van der Waals surface area contributed by atoms with Crippen LogP contribution in [0, 0.1) is 5.41 Å². The van der Waals surface area contributed by atoms with E-state index in [1.807, 2.05) is 0 Å². The van der Waals surface area contributed by atoms with Crippen molar-refractivity contribution in [3.8, 4) is 0 Å². The number of aliphatic hydroxyl groups is 8. The van der Waals surface area contributed by atoms with Crippen molar-refractivity contribution in [3.63, 3.8) is 0 Å². The number of rotatable bonds is 13. The van der Waals surface area contributed by atoms with E-state index in [9.17, 15) is 40.5 Å². The second kappa shape index (κ2) is 15.8. The molecular formula is C26H50N8O13. The van der Waals surface area contributed by atoms with Gasteiger partial charge < -0.3 is 98.7 Å². The maximum atomic E-state index is 13.2. The van der Waals surface area contributed by atoms with E-state index in [0.717, 1.165) is 0 Å². The van der Waals surface area contributed by atoms with Crippen LogP contribution in [-0.4, -0.2) is 182 Å². The van der Waals surface area contributed by atoms with Crippen LogP contribution in [0.4, 0.5) is 0 Å². The highest BCUT2D eigenvalue weighted by Crippen LogP contribution is 2.37. The number of ether oxygens (including phenoxy) is 4. The first-order valence-electron chi connectivity index (χ1n) is 15.5. The molecule has 21 heteroatoms. The van der Waals surface area contributed by atoms with Crippen molar-refractivity contribution >= 4 is 11.9 Å². The summed E-state index contributed by atoms with van der Waals surface area (Å²) in [6, 6.07) is -5.16. The summed E-state index contributed by atoms with van der Waals surface area (Å²) in [5.41, 5.74) is 21.9. The van der Waals surface area contributed by atoms with Crippen molar-refractivity contribution in [2.24, 2.45) is 22.9 Å². The molecule has 0 radical (unpaired) electrons. The largest absolute Gasteiger partial charge is 0.394 e. The second-order valence-electron chi connectivity index (χ2n) is 12.7. The molecule has 4 rings (SSSR count). The average Bonchev–Trinajstić information content (AvgIpc) is 3.67. The predicted octanol–water partition coefficient (Wildman–Crippen LogP) is -9.17. The van der Waals surface area contributed by atoms with Crippen molar-refractivity contribution in [2.75, 3.05) is 26.3 Å². The number of guanidine groups is 1. The highest BCUT2D eigenvalue weighted by molar-refractivity contribution is 5.91. The van der Waals surface area contributed by atoms with Crippen LogP contribution in [0.1, 0.15) is 19.3 Å². The highest BCUT2D eigenvalue weighted by Gasteiger charge is 2.61. The van der Waals surface area contributed by atoms with Crippen LogP contribution in [0.3, 0.4) is 0 Å². The second-order valence-corrected chi connectivity index (χ2v) is 12.7. The molecule has 0 aromatic rings. The summed E-state index contributed by atoms with van der Waals surface area (Å²) in [6.45, 7) is -1.07. The van der Waals surface area contributed by atoms with E-state index in [0.29, 0.717) is 0 Å². The number of aliphatic hydroxyl groups excluding tert-OH is 7. The maximum Gasteiger partial charge on any atom is 0.254 e. The molecule has 1 amide bonds. The van der Waals surface area contributed by atoms with Gasteiger partial charge in [0.15, 0.2) is 24.1 Å². The Morgan fingerprint density at radius 2 is 1.60 bits per heavy atom. The van der Waals surface area contributed by atoms with Crippen molar-refractivity contribution < 1.29 is 64.6 Å². The molecule has 2 aliphatic heterocycles. The Balaban J connectivity index is 1.51. The molecule has 0 bridgehead atoms. The third kappa shape index (κ3) is 8.64. The van der Waals surface area contributed by atoms with Crippen LogP contribution in [-0.2, 0) is 23.7 Å². The van der Waals surface area contributed by atoms with Gasteiger partial charge in [-0.3, -0.25) is 10.2 Å². The first kappa shape index (κ1) is 37.9. The van der Waals surface area contributed by atoms with Crippen LogP contribution in [0.5, 0.6) is 0 Å². The average molecular weight is 683 g/mol. The van der Waals surface area contributed by atoms with Crippen molar-refractivity contribution in [2.45, 2.75) is 123 Å². The van der Waals surface area contributed by atoms with E-state index >= 15 is 0 Å². The van der Waals surface area contributed by atoms with E-state index in [4.69, 9.17) is 52.4 Å². The van der Waals surface area contributed by atoms with E-state index in [1.54, 1.807) is 0 Å². The quantitative estimate of drug-likeness (QED) is 0.0633. The first-order chi connectivity index (χ1) is 22.1. The lowest BCUT2D eigenvalue weighted by Crippen LogP contribution is -2.69. The van der Waals surface area contributed by atoms with Crippen molar-refractivity contribution in [3.05, 3.63) is 0 Å². The number of carbonyl (C=O) groups is 1. The van der Waals surface area contributed by atoms with Gasteiger partial charge in [0.2, 0.25) is 0 Å². The predicted molar refractivity (Wildman–Crippen MR) is 158 cm³/mol. The summed E-state index contributed by atoms with van der Waals surface area (Å²) >= 11 is 0. The molecule has 2 saturated heterocycles. The number of nitrogens with one attached hydrogen (secondary N) is 4. The van der Waals surface area contributed by atoms with Crippen LogP contribution < -0.4 is 38.9 Å². The van der Waals surface area contributed by atoms with Gasteiger partial charge in [-0.05, 0) is 12.8 Å². The standard InChI is InChI=1S/C26H50N8O13/c27-9-1-11(33-24(42)26(43)3-15(26)34-25(30)31)21(47-23-18(40)16(29)17(39)14(7-36)45-23)19(41)20(9)46-22-10(28)2-12(38)13(44-22)5-32-4-8(37)6-35/h8-23,32,35-41,43H,1-7,27-29H2,(H,33,42)(H4,30,31,34)/t8?,9-,10+,11+,12-,13+,14+,15?,16-,17+,18+,19-,20?,21-,22+,23+,26?/m0/s1. The van der Waals surface area contributed by atoms with Gasteiger partial charge in [0.05, 0.1) is 55.7 Å². The van der Waals surface area contributed by atoms with Crippen molar-refractivity contribution in [1.82, 2.24) is 16.0 Å². The maximum absolute atomic E-state index is 13.2. The zero-order valence-electron chi connectivity index (χ0n) is 25.6. The molecule has 0 aromatic heterocycles. The minimum atomic E-state index is -1.94. The van der Waals surface area contributed by atoms with E-state index in [-0.39, 0.29) is 32.4 Å². The lowest BCUT2D eigenvalue weighted by molar-refractivity contribution is -0.316. The fourth-order valence-electron chi connectivity index (χ4n) is 6.11. The Labute approximate surface area is 270 Å². The molecule has 0 aromatic carbocycles. The Morgan fingerprint density at radius 3 is 2.23 bits per heavy atom. The minimum absolute atomic E-state index is 0.0204.